The maximum atomic E-state index is 14.2. The first kappa shape index (κ1) is 24.4. The summed E-state index contributed by atoms with van der Waals surface area (Å²) in [4.78, 5) is 32.2. The highest BCUT2D eigenvalue weighted by Crippen LogP contribution is 2.30. The molecule has 4 aromatic rings. The van der Waals surface area contributed by atoms with Gasteiger partial charge in [0.05, 0.1) is 12.0 Å². The monoisotopic (exact) mass is 506 g/mol. The minimum Gasteiger partial charge on any atom is -0.355 e. The molecule has 8 heteroatoms. The van der Waals surface area contributed by atoms with Crippen LogP contribution in [0.4, 0.5) is 4.39 Å². The van der Waals surface area contributed by atoms with E-state index in [1.54, 1.807) is 0 Å². The Bertz CT molecular complexity index is 1440. The molecule has 36 heavy (non-hydrogen) atoms. The first-order valence-electron chi connectivity index (χ1n) is 12.1. The minimum atomic E-state index is -0.718. The Morgan fingerprint density at radius 3 is 2.75 bits per heavy atom. The summed E-state index contributed by atoms with van der Waals surface area (Å²) in [6.45, 7) is 2.17. The molecule has 5 rings (SSSR count). The summed E-state index contributed by atoms with van der Waals surface area (Å²) in [5, 5.41) is 8.64. The molecule has 186 valence electrons. The molecule has 2 atom stereocenters. The smallest absolute Gasteiger partial charge is 0.228 e. The van der Waals surface area contributed by atoms with Crippen LogP contribution in [0.25, 0.3) is 21.8 Å². The first-order chi connectivity index (χ1) is 17.4. The third-order valence-corrected chi connectivity index (χ3v) is 7.12. The Hall–Kier alpha value is -3.26. The van der Waals surface area contributed by atoms with Crippen molar-refractivity contribution in [1.29, 1.82) is 0 Å². The molecule has 6 nitrogen and oxygen atoms in total. The van der Waals surface area contributed by atoms with Crippen LogP contribution in [0.2, 0.25) is 5.02 Å². The van der Waals surface area contributed by atoms with Gasteiger partial charge >= 0.3 is 0 Å². The number of fused-ring (bicyclic) bond motifs is 3. The highest BCUT2D eigenvalue weighted by molar-refractivity contribution is 6.30. The number of piperazine rings is 1. The number of Topliss-reactive ketones (excluding diaryl/α,β-unsaturated/α-hetero) is 1. The largest absolute Gasteiger partial charge is 0.355 e. The van der Waals surface area contributed by atoms with Gasteiger partial charge in [-0.25, -0.2) is 4.39 Å². The summed E-state index contributed by atoms with van der Waals surface area (Å²) in [5.74, 6) is -1.51. The summed E-state index contributed by atoms with van der Waals surface area (Å²) < 4.78 is 14.2. The number of carbonyl (C=O) groups is 2. The Morgan fingerprint density at radius 2 is 1.92 bits per heavy atom. The lowest BCUT2D eigenvalue weighted by Crippen LogP contribution is -2.53. The zero-order valence-corrected chi connectivity index (χ0v) is 20.7. The number of aromatic nitrogens is 1. The quantitative estimate of drug-likeness (QED) is 0.348. The maximum absolute atomic E-state index is 14.2. The van der Waals surface area contributed by atoms with Gasteiger partial charge in [0.15, 0.2) is 5.78 Å². The Morgan fingerprint density at radius 1 is 1.11 bits per heavy atom. The number of carbonyl (C=O) groups excluding carboxylic acids is 2. The zero-order valence-electron chi connectivity index (χ0n) is 20.0. The van der Waals surface area contributed by atoms with Gasteiger partial charge in [-0.3, -0.25) is 9.59 Å². The van der Waals surface area contributed by atoms with Gasteiger partial charge in [0.2, 0.25) is 5.91 Å². The number of rotatable bonds is 7. The standard InChI is InChI=1S/C28H28ClFN4O2/c1-34-11-10-31-26(16-34)27(35)14-22(28(36)32-15-18-12-19(29)7-9-23(18)30)17-6-8-21-20-4-2-3-5-24(20)33-25(21)13-17/h2-9,12-13,22,26,31,33H,10-11,14-16H2,1H3,(H,32,36). The van der Waals surface area contributed by atoms with E-state index in [1.165, 1.54) is 18.2 Å². The zero-order chi connectivity index (χ0) is 25.2. The van der Waals surface area contributed by atoms with E-state index < -0.39 is 11.7 Å². The van der Waals surface area contributed by atoms with Crippen molar-refractivity contribution in [2.75, 3.05) is 26.7 Å². The number of aromatic amines is 1. The van der Waals surface area contributed by atoms with Crippen molar-refractivity contribution in [2.24, 2.45) is 0 Å². The topological polar surface area (TPSA) is 77.2 Å². The van der Waals surface area contributed by atoms with Crippen molar-refractivity contribution in [3.8, 4) is 0 Å². The molecule has 1 aliphatic rings. The SMILES string of the molecule is CN1CCNC(C(=O)CC(C(=O)NCc2cc(Cl)ccc2F)c2ccc3c(c2)[nH]c2ccccc23)C1. The van der Waals surface area contributed by atoms with Crippen LogP contribution in [-0.2, 0) is 16.1 Å². The Labute approximate surface area is 213 Å². The average Bonchev–Trinajstić information content (AvgIpc) is 3.25. The molecule has 1 aliphatic heterocycles. The van der Waals surface area contributed by atoms with Crippen LogP contribution in [0.3, 0.4) is 0 Å². The second-order valence-corrected chi connectivity index (χ2v) is 9.86. The van der Waals surface area contributed by atoms with E-state index >= 15 is 0 Å². The van der Waals surface area contributed by atoms with E-state index in [2.05, 4.69) is 20.5 Å². The van der Waals surface area contributed by atoms with Crippen LogP contribution >= 0.6 is 11.6 Å². The Balaban J connectivity index is 1.43. The molecular formula is C28H28ClFN4O2. The highest BCUT2D eigenvalue weighted by atomic mass is 35.5. The maximum Gasteiger partial charge on any atom is 0.228 e. The molecule has 3 N–H and O–H groups in total. The lowest BCUT2D eigenvalue weighted by atomic mass is 9.89. The Kier molecular flexibility index (Phi) is 7.05. The number of para-hydroxylation sites is 1. The number of benzene rings is 3. The van der Waals surface area contributed by atoms with Crippen LogP contribution in [0.1, 0.15) is 23.5 Å². The molecule has 1 aromatic heterocycles. The third kappa shape index (κ3) is 5.14. The van der Waals surface area contributed by atoms with Crippen molar-refractivity contribution in [3.63, 3.8) is 0 Å². The second-order valence-electron chi connectivity index (χ2n) is 9.42. The number of halogens is 2. The fourth-order valence-corrected chi connectivity index (χ4v) is 5.09. The summed E-state index contributed by atoms with van der Waals surface area (Å²) in [5.41, 5.74) is 2.93. The molecule has 2 unspecified atom stereocenters. The number of H-pyrrole nitrogens is 1. The van der Waals surface area contributed by atoms with Gasteiger partial charge in [0.25, 0.3) is 0 Å². The molecule has 1 fully saturated rings. The van der Waals surface area contributed by atoms with Crippen molar-refractivity contribution in [3.05, 3.63) is 82.6 Å². The van der Waals surface area contributed by atoms with Crippen LogP contribution in [0, 0.1) is 5.82 Å². The average molecular weight is 507 g/mol. The lowest BCUT2D eigenvalue weighted by Gasteiger charge is -2.30. The number of hydrogen-bond acceptors (Lipinski definition) is 4. The summed E-state index contributed by atoms with van der Waals surface area (Å²) in [6, 6.07) is 17.7. The van der Waals surface area contributed by atoms with Gasteiger partial charge in [-0.05, 0) is 42.9 Å². The number of hydrogen-bond donors (Lipinski definition) is 3. The molecule has 0 saturated carbocycles. The number of amides is 1. The highest BCUT2D eigenvalue weighted by Gasteiger charge is 2.30. The van der Waals surface area contributed by atoms with Crippen LogP contribution in [0.5, 0.6) is 0 Å². The van der Waals surface area contributed by atoms with Crippen LogP contribution in [-0.4, -0.2) is 54.3 Å². The number of nitrogens with zero attached hydrogens (tertiary/aromatic N) is 1. The van der Waals surface area contributed by atoms with Crippen molar-refractivity contribution < 1.29 is 14.0 Å². The van der Waals surface area contributed by atoms with Crippen molar-refractivity contribution in [2.45, 2.75) is 24.9 Å². The lowest BCUT2D eigenvalue weighted by molar-refractivity contribution is -0.128. The molecule has 2 heterocycles. The molecular weight excluding hydrogens is 479 g/mol. The van der Waals surface area contributed by atoms with Gasteiger partial charge in [-0.1, -0.05) is 41.9 Å². The van der Waals surface area contributed by atoms with Gasteiger partial charge in [-0.15, -0.1) is 0 Å². The van der Waals surface area contributed by atoms with Gasteiger partial charge < -0.3 is 20.5 Å². The van der Waals surface area contributed by atoms with Crippen molar-refractivity contribution in [1.82, 2.24) is 20.5 Å². The number of ketones is 1. The second kappa shape index (κ2) is 10.4. The first-order valence-corrected chi connectivity index (χ1v) is 12.4. The fourth-order valence-electron chi connectivity index (χ4n) is 4.89. The van der Waals surface area contributed by atoms with E-state index in [9.17, 15) is 14.0 Å². The predicted octanol–water partition coefficient (Wildman–Crippen LogP) is 4.38. The van der Waals surface area contributed by atoms with Gasteiger partial charge in [0, 0.05) is 65.0 Å². The van der Waals surface area contributed by atoms with Gasteiger partial charge in [-0.2, -0.15) is 0 Å². The van der Waals surface area contributed by atoms with Crippen LogP contribution in [0.15, 0.2) is 60.7 Å². The van der Waals surface area contributed by atoms with Crippen LogP contribution < -0.4 is 10.6 Å². The fraction of sp³-hybridized carbons (Fsp3) is 0.286. The summed E-state index contributed by atoms with van der Waals surface area (Å²) in [7, 11) is 1.98. The molecule has 1 amide bonds. The van der Waals surface area contributed by atoms with E-state index in [4.69, 9.17) is 11.6 Å². The molecule has 3 aromatic carbocycles. The van der Waals surface area contributed by atoms with Gasteiger partial charge in [0.1, 0.15) is 5.82 Å². The van der Waals surface area contributed by atoms with E-state index in [-0.39, 0.29) is 30.7 Å². The normalized spacial score (nSPS) is 17.4. The summed E-state index contributed by atoms with van der Waals surface area (Å²) >= 11 is 6.01. The summed E-state index contributed by atoms with van der Waals surface area (Å²) in [6.07, 6.45) is 0.0428. The van der Waals surface area contributed by atoms with E-state index in [1.807, 2.05) is 49.5 Å². The van der Waals surface area contributed by atoms with E-state index in [0.717, 1.165) is 40.5 Å². The van der Waals surface area contributed by atoms with Crippen molar-refractivity contribution >= 4 is 45.1 Å². The van der Waals surface area contributed by atoms with E-state index in [0.29, 0.717) is 17.1 Å². The predicted molar refractivity (Wildman–Crippen MR) is 141 cm³/mol. The molecule has 0 spiro atoms. The number of nitrogens with one attached hydrogen (secondary N) is 3. The molecule has 0 radical (unpaired) electrons. The molecule has 0 aliphatic carbocycles. The molecule has 1 saturated heterocycles. The third-order valence-electron chi connectivity index (χ3n) is 6.88. The number of likely N-dealkylation sites (N-methyl/N-ethyl adjacent to an activating group) is 1. The molecule has 0 bridgehead atoms. The minimum absolute atomic E-state index is 0.0189.